The highest BCUT2D eigenvalue weighted by molar-refractivity contribution is 8.00. The first-order valence-corrected chi connectivity index (χ1v) is 6.29. The predicted octanol–water partition coefficient (Wildman–Crippen LogP) is 1.72. The summed E-state index contributed by atoms with van der Waals surface area (Å²) in [7, 11) is 0. The van der Waals surface area contributed by atoms with Gasteiger partial charge >= 0.3 is 0 Å². The van der Waals surface area contributed by atoms with Crippen molar-refractivity contribution in [1.82, 2.24) is 14.9 Å². The molecule has 0 fully saturated rings. The van der Waals surface area contributed by atoms with Gasteiger partial charge in [-0.2, -0.15) is 5.26 Å². The average molecular weight is 251 g/mol. The minimum absolute atomic E-state index is 0.192. The molecule has 0 spiro atoms. The van der Waals surface area contributed by atoms with Crippen molar-refractivity contribution in [1.29, 1.82) is 5.26 Å². The minimum atomic E-state index is -0.192. The lowest BCUT2D eigenvalue weighted by Crippen LogP contribution is -2.12. The molecule has 2 aromatic heterocycles. The summed E-state index contributed by atoms with van der Waals surface area (Å²) in [5.41, 5.74) is 0. The van der Waals surface area contributed by atoms with Gasteiger partial charge in [-0.15, -0.1) is 21.5 Å². The SMILES string of the molecule is C[C@H](C#N)Sc1nnc(-c2cccs2)n1N. The van der Waals surface area contributed by atoms with Crippen LogP contribution in [0.1, 0.15) is 6.92 Å². The van der Waals surface area contributed by atoms with Crippen LogP contribution in [0.5, 0.6) is 0 Å². The van der Waals surface area contributed by atoms with Gasteiger partial charge in [0.15, 0.2) is 5.82 Å². The van der Waals surface area contributed by atoms with Crippen molar-refractivity contribution in [2.24, 2.45) is 0 Å². The molecule has 1 atom stereocenters. The Balaban J connectivity index is 2.29. The maximum absolute atomic E-state index is 8.71. The van der Waals surface area contributed by atoms with Gasteiger partial charge in [0.05, 0.1) is 16.2 Å². The van der Waals surface area contributed by atoms with Gasteiger partial charge in [-0.05, 0) is 18.4 Å². The van der Waals surface area contributed by atoms with Crippen LogP contribution < -0.4 is 5.84 Å². The lowest BCUT2D eigenvalue weighted by molar-refractivity contribution is 0.848. The number of hydrogen-bond acceptors (Lipinski definition) is 6. The molecule has 0 aliphatic rings. The summed E-state index contributed by atoms with van der Waals surface area (Å²) in [6.45, 7) is 1.80. The van der Waals surface area contributed by atoms with E-state index in [0.717, 1.165) is 4.88 Å². The molecule has 0 aliphatic heterocycles. The summed E-state index contributed by atoms with van der Waals surface area (Å²) in [6, 6.07) is 5.97. The maximum atomic E-state index is 8.71. The van der Waals surface area contributed by atoms with Gasteiger partial charge in [0.1, 0.15) is 0 Å². The fraction of sp³-hybridized carbons (Fsp3) is 0.222. The highest BCUT2D eigenvalue weighted by atomic mass is 32.2. The van der Waals surface area contributed by atoms with Crippen LogP contribution >= 0.6 is 23.1 Å². The molecule has 0 aliphatic carbocycles. The molecule has 82 valence electrons. The average Bonchev–Trinajstić information content (AvgIpc) is 2.89. The number of rotatable bonds is 3. The molecule has 2 rings (SSSR count). The summed E-state index contributed by atoms with van der Waals surface area (Å²) in [6.07, 6.45) is 0. The fourth-order valence-corrected chi connectivity index (χ4v) is 2.48. The first-order chi connectivity index (χ1) is 7.72. The molecule has 16 heavy (non-hydrogen) atoms. The Bertz CT molecular complexity index is 510. The third kappa shape index (κ3) is 2.03. The van der Waals surface area contributed by atoms with Gasteiger partial charge in [0.25, 0.3) is 0 Å². The van der Waals surface area contributed by atoms with Crippen LogP contribution in [0.4, 0.5) is 0 Å². The molecule has 0 unspecified atom stereocenters. The van der Waals surface area contributed by atoms with E-state index in [-0.39, 0.29) is 5.25 Å². The normalized spacial score (nSPS) is 12.2. The quantitative estimate of drug-likeness (QED) is 0.663. The second kappa shape index (κ2) is 4.55. The van der Waals surface area contributed by atoms with Gasteiger partial charge in [0.2, 0.25) is 5.16 Å². The number of nitrogen functional groups attached to an aromatic ring is 1. The highest BCUT2D eigenvalue weighted by Gasteiger charge is 2.14. The zero-order chi connectivity index (χ0) is 11.5. The molecule has 0 saturated carbocycles. The summed E-state index contributed by atoms with van der Waals surface area (Å²) in [5, 5.41) is 19.0. The van der Waals surface area contributed by atoms with E-state index in [4.69, 9.17) is 11.1 Å². The van der Waals surface area contributed by atoms with Crippen LogP contribution in [0.15, 0.2) is 22.7 Å². The molecule has 2 aromatic rings. The van der Waals surface area contributed by atoms with E-state index in [1.807, 2.05) is 17.5 Å². The zero-order valence-corrected chi connectivity index (χ0v) is 10.1. The monoisotopic (exact) mass is 251 g/mol. The van der Waals surface area contributed by atoms with Gasteiger partial charge in [-0.25, -0.2) is 4.68 Å². The lowest BCUT2D eigenvalue weighted by Gasteiger charge is -2.02. The largest absolute Gasteiger partial charge is 0.335 e. The molecule has 0 radical (unpaired) electrons. The van der Waals surface area contributed by atoms with Crippen molar-refractivity contribution in [2.75, 3.05) is 5.84 Å². The Hall–Kier alpha value is -1.52. The van der Waals surface area contributed by atoms with E-state index >= 15 is 0 Å². The zero-order valence-electron chi connectivity index (χ0n) is 8.49. The fourth-order valence-electron chi connectivity index (χ4n) is 1.12. The van der Waals surface area contributed by atoms with Gasteiger partial charge in [-0.1, -0.05) is 17.8 Å². The number of hydrogen-bond donors (Lipinski definition) is 1. The molecule has 7 heteroatoms. The molecular formula is C9H9N5S2. The Morgan fingerprint density at radius 2 is 2.44 bits per heavy atom. The topological polar surface area (TPSA) is 80.5 Å². The first kappa shape index (κ1) is 11.0. The van der Waals surface area contributed by atoms with Crippen molar-refractivity contribution in [3.63, 3.8) is 0 Å². The van der Waals surface area contributed by atoms with Crippen molar-refractivity contribution < 1.29 is 0 Å². The number of aromatic nitrogens is 3. The van der Waals surface area contributed by atoms with Gasteiger partial charge in [-0.3, -0.25) is 0 Å². The first-order valence-electron chi connectivity index (χ1n) is 4.53. The number of nitrogens with two attached hydrogens (primary N) is 1. The summed E-state index contributed by atoms with van der Waals surface area (Å²) in [4.78, 5) is 0.964. The van der Waals surface area contributed by atoms with Crippen molar-refractivity contribution in [2.45, 2.75) is 17.3 Å². The van der Waals surface area contributed by atoms with E-state index < -0.39 is 0 Å². The molecule has 2 N–H and O–H groups in total. The molecule has 2 heterocycles. The number of nitriles is 1. The standard InChI is InChI=1S/C9H9N5S2/c1-6(5-10)16-9-13-12-8(14(9)11)7-3-2-4-15-7/h2-4,6H,11H2,1H3/t6-/m1/s1. The number of thiophene rings is 1. The Morgan fingerprint density at radius 1 is 1.62 bits per heavy atom. The molecule has 0 amide bonds. The summed E-state index contributed by atoms with van der Waals surface area (Å²) >= 11 is 2.85. The van der Waals surface area contributed by atoms with Gasteiger partial charge in [0, 0.05) is 0 Å². The van der Waals surface area contributed by atoms with E-state index in [1.165, 1.54) is 16.4 Å². The van der Waals surface area contributed by atoms with Crippen LogP contribution in [-0.4, -0.2) is 20.1 Å². The molecule has 0 aromatic carbocycles. The third-order valence-corrected chi connectivity index (χ3v) is 3.68. The Morgan fingerprint density at radius 3 is 3.06 bits per heavy atom. The van der Waals surface area contributed by atoms with E-state index in [1.54, 1.807) is 18.3 Å². The Labute approximate surface area is 101 Å². The Kier molecular flexibility index (Phi) is 3.12. The van der Waals surface area contributed by atoms with Crippen LogP contribution in [0, 0.1) is 11.3 Å². The van der Waals surface area contributed by atoms with Crippen LogP contribution in [0.3, 0.4) is 0 Å². The van der Waals surface area contributed by atoms with E-state index in [0.29, 0.717) is 11.0 Å². The number of nitrogens with zero attached hydrogens (tertiary/aromatic N) is 4. The summed E-state index contributed by atoms with van der Waals surface area (Å²) < 4.78 is 1.42. The predicted molar refractivity (Wildman–Crippen MR) is 64.4 cm³/mol. The highest BCUT2D eigenvalue weighted by Crippen LogP contribution is 2.26. The third-order valence-electron chi connectivity index (χ3n) is 1.87. The van der Waals surface area contributed by atoms with E-state index in [9.17, 15) is 0 Å². The number of thioether (sulfide) groups is 1. The van der Waals surface area contributed by atoms with Crippen LogP contribution in [0.2, 0.25) is 0 Å². The molecule has 0 bridgehead atoms. The van der Waals surface area contributed by atoms with Crippen molar-refractivity contribution >= 4 is 23.1 Å². The maximum Gasteiger partial charge on any atom is 0.211 e. The second-order valence-corrected chi connectivity index (χ2v) is 5.30. The summed E-state index contributed by atoms with van der Waals surface area (Å²) in [5.74, 6) is 6.49. The smallest absolute Gasteiger partial charge is 0.211 e. The second-order valence-electron chi connectivity index (χ2n) is 3.04. The molecular weight excluding hydrogens is 242 g/mol. The van der Waals surface area contributed by atoms with Crippen molar-refractivity contribution in [3.8, 4) is 16.8 Å². The van der Waals surface area contributed by atoms with Crippen LogP contribution in [-0.2, 0) is 0 Å². The minimum Gasteiger partial charge on any atom is -0.335 e. The van der Waals surface area contributed by atoms with Crippen molar-refractivity contribution in [3.05, 3.63) is 17.5 Å². The van der Waals surface area contributed by atoms with Gasteiger partial charge < -0.3 is 5.84 Å². The molecule has 5 nitrogen and oxygen atoms in total. The molecule has 0 saturated heterocycles. The van der Waals surface area contributed by atoms with Crippen LogP contribution in [0.25, 0.3) is 10.7 Å². The van der Waals surface area contributed by atoms with E-state index in [2.05, 4.69) is 16.3 Å². The lowest BCUT2D eigenvalue weighted by atomic mass is 10.4.